The summed E-state index contributed by atoms with van der Waals surface area (Å²) in [6, 6.07) is 1.91. The lowest BCUT2D eigenvalue weighted by molar-refractivity contribution is -0.311. The summed E-state index contributed by atoms with van der Waals surface area (Å²) in [5.74, 6) is -0.749. The minimum absolute atomic E-state index is 0.409. The topological polar surface area (TPSA) is 69.2 Å². The first-order valence-corrected chi connectivity index (χ1v) is 5.84. The quantitative estimate of drug-likeness (QED) is 0.723. The van der Waals surface area contributed by atoms with E-state index in [0.717, 1.165) is 24.4 Å². The van der Waals surface area contributed by atoms with Gasteiger partial charge in [0.2, 0.25) is 5.95 Å². The molecular weight excluding hydrogens is 218 g/mol. The van der Waals surface area contributed by atoms with Crippen LogP contribution in [0.25, 0.3) is 0 Å². The van der Waals surface area contributed by atoms with Crippen LogP contribution in [0.1, 0.15) is 24.2 Å². The van der Waals surface area contributed by atoms with Crippen LogP contribution in [0.4, 0.5) is 5.95 Å². The van der Waals surface area contributed by atoms with Crippen LogP contribution >= 0.6 is 0 Å². The second-order valence-electron chi connectivity index (χ2n) is 4.55. The molecule has 0 amide bonds. The predicted molar refractivity (Wildman–Crippen MR) is 61.5 cm³/mol. The lowest BCUT2D eigenvalue weighted by atomic mass is 9.99. The largest absolute Gasteiger partial charge is 0.550 e. The number of carboxylic acids is 1. The number of nitrogens with zero attached hydrogens (tertiary/aromatic N) is 3. The molecule has 0 aromatic carbocycles. The van der Waals surface area contributed by atoms with Crippen LogP contribution in [0.5, 0.6) is 0 Å². The van der Waals surface area contributed by atoms with Gasteiger partial charge >= 0.3 is 0 Å². The molecule has 92 valence electrons. The molecule has 17 heavy (non-hydrogen) atoms. The Balaban J connectivity index is 2.18. The van der Waals surface area contributed by atoms with Crippen molar-refractivity contribution in [2.75, 3.05) is 18.0 Å². The molecule has 0 saturated carbocycles. The minimum atomic E-state index is -0.973. The van der Waals surface area contributed by atoms with Crippen molar-refractivity contribution in [2.24, 2.45) is 5.92 Å². The molecule has 5 nitrogen and oxygen atoms in total. The Morgan fingerprint density at radius 3 is 2.65 bits per heavy atom. The molecule has 0 aliphatic carbocycles. The molecule has 1 aliphatic heterocycles. The number of carboxylic acid groups (broad SMARTS) is 1. The van der Waals surface area contributed by atoms with E-state index >= 15 is 0 Å². The van der Waals surface area contributed by atoms with E-state index in [1.165, 1.54) is 0 Å². The van der Waals surface area contributed by atoms with Gasteiger partial charge in [0.25, 0.3) is 0 Å². The second kappa shape index (κ2) is 4.69. The molecule has 1 aromatic rings. The molecule has 2 heterocycles. The number of carbonyl (C=O) groups is 1. The molecule has 0 N–H and O–H groups in total. The van der Waals surface area contributed by atoms with Crippen molar-refractivity contribution in [2.45, 2.75) is 26.7 Å². The van der Waals surface area contributed by atoms with E-state index in [-0.39, 0.29) is 0 Å². The Labute approximate surface area is 100 Å². The van der Waals surface area contributed by atoms with Crippen LogP contribution < -0.4 is 10.0 Å². The molecule has 1 aliphatic rings. The molecule has 0 unspecified atom stereocenters. The third kappa shape index (κ3) is 2.72. The maximum absolute atomic E-state index is 10.9. The number of aromatic nitrogens is 2. The summed E-state index contributed by atoms with van der Waals surface area (Å²) < 4.78 is 0. The first-order chi connectivity index (χ1) is 8.06. The van der Waals surface area contributed by atoms with Crippen LogP contribution in [0.3, 0.4) is 0 Å². The summed E-state index contributed by atoms with van der Waals surface area (Å²) in [6.07, 6.45) is 1.53. The first-order valence-electron chi connectivity index (χ1n) is 5.84. The summed E-state index contributed by atoms with van der Waals surface area (Å²) in [5, 5.41) is 10.9. The van der Waals surface area contributed by atoms with Gasteiger partial charge in [-0.3, -0.25) is 0 Å². The van der Waals surface area contributed by atoms with Crippen LogP contribution in [-0.4, -0.2) is 29.0 Å². The Morgan fingerprint density at radius 1 is 1.41 bits per heavy atom. The predicted octanol–water partition coefficient (Wildman–Crippen LogP) is 0.0597. The van der Waals surface area contributed by atoms with Gasteiger partial charge in [-0.1, -0.05) is 0 Å². The fraction of sp³-hybridized carbons (Fsp3) is 0.583. The van der Waals surface area contributed by atoms with Crippen molar-refractivity contribution < 1.29 is 9.90 Å². The maximum atomic E-state index is 10.9. The normalized spacial score (nSPS) is 20.4. The minimum Gasteiger partial charge on any atom is -0.550 e. The van der Waals surface area contributed by atoms with Crippen molar-refractivity contribution >= 4 is 11.9 Å². The third-order valence-corrected chi connectivity index (χ3v) is 3.01. The Hall–Kier alpha value is -1.65. The molecule has 5 heteroatoms. The van der Waals surface area contributed by atoms with E-state index in [1.54, 1.807) is 0 Å². The average Bonchev–Trinajstić information content (AvgIpc) is 2.28. The first kappa shape index (κ1) is 11.8. The summed E-state index contributed by atoms with van der Waals surface area (Å²) in [6.45, 7) is 5.09. The molecular formula is C12H16N3O2-. The van der Waals surface area contributed by atoms with Crippen molar-refractivity contribution in [3.05, 3.63) is 17.5 Å². The van der Waals surface area contributed by atoms with E-state index in [0.29, 0.717) is 18.9 Å². The molecule has 1 atom stereocenters. The smallest absolute Gasteiger partial charge is 0.225 e. The fourth-order valence-corrected chi connectivity index (χ4v) is 2.20. The Kier molecular flexibility index (Phi) is 3.26. The zero-order valence-electron chi connectivity index (χ0n) is 10.1. The van der Waals surface area contributed by atoms with Crippen LogP contribution in [0.15, 0.2) is 6.07 Å². The zero-order chi connectivity index (χ0) is 12.4. The van der Waals surface area contributed by atoms with Gasteiger partial charge in [0.15, 0.2) is 0 Å². The Morgan fingerprint density at radius 2 is 2.06 bits per heavy atom. The van der Waals surface area contributed by atoms with Gasteiger partial charge in [0, 0.05) is 36.4 Å². The summed E-state index contributed by atoms with van der Waals surface area (Å²) in [5.41, 5.74) is 1.81. The van der Waals surface area contributed by atoms with E-state index in [9.17, 15) is 9.90 Å². The number of aryl methyl sites for hydroxylation is 2. The highest BCUT2D eigenvalue weighted by Crippen LogP contribution is 2.20. The van der Waals surface area contributed by atoms with Crippen molar-refractivity contribution in [3.8, 4) is 0 Å². The number of aliphatic carboxylic acids is 1. The summed E-state index contributed by atoms with van der Waals surface area (Å²) in [4.78, 5) is 21.5. The van der Waals surface area contributed by atoms with E-state index in [2.05, 4.69) is 9.97 Å². The van der Waals surface area contributed by atoms with Gasteiger partial charge in [-0.15, -0.1) is 0 Å². The van der Waals surface area contributed by atoms with Gasteiger partial charge in [-0.05, 0) is 32.8 Å². The highest BCUT2D eigenvalue weighted by atomic mass is 16.4. The van der Waals surface area contributed by atoms with Crippen LogP contribution in [0, 0.1) is 19.8 Å². The lowest BCUT2D eigenvalue weighted by Crippen LogP contribution is -2.44. The van der Waals surface area contributed by atoms with Crippen molar-refractivity contribution in [3.63, 3.8) is 0 Å². The van der Waals surface area contributed by atoms with Gasteiger partial charge in [-0.2, -0.15) is 0 Å². The zero-order valence-corrected chi connectivity index (χ0v) is 10.1. The fourth-order valence-electron chi connectivity index (χ4n) is 2.20. The number of carbonyl (C=O) groups excluding carboxylic acids is 1. The molecule has 0 radical (unpaired) electrons. The summed E-state index contributed by atoms with van der Waals surface area (Å²) in [7, 11) is 0. The average molecular weight is 234 g/mol. The van der Waals surface area contributed by atoms with Crippen LogP contribution in [-0.2, 0) is 4.79 Å². The third-order valence-electron chi connectivity index (χ3n) is 3.01. The van der Waals surface area contributed by atoms with Crippen LogP contribution in [0.2, 0.25) is 0 Å². The lowest BCUT2D eigenvalue weighted by Gasteiger charge is -2.33. The maximum Gasteiger partial charge on any atom is 0.225 e. The van der Waals surface area contributed by atoms with Gasteiger partial charge in [0.05, 0.1) is 0 Å². The molecule has 1 aromatic heterocycles. The SMILES string of the molecule is Cc1cc(C)nc(N2CCC[C@H](C(=O)[O-])C2)n1. The second-order valence-corrected chi connectivity index (χ2v) is 4.55. The monoisotopic (exact) mass is 234 g/mol. The standard InChI is InChI=1S/C12H17N3O2/c1-8-6-9(2)14-12(13-8)15-5-3-4-10(7-15)11(16)17/h6,10H,3-5,7H2,1-2H3,(H,16,17)/p-1/t10-/m0/s1. The highest BCUT2D eigenvalue weighted by molar-refractivity contribution is 5.68. The molecule has 2 rings (SSSR count). The molecule has 1 fully saturated rings. The van der Waals surface area contributed by atoms with Gasteiger partial charge in [0.1, 0.15) is 0 Å². The number of hydrogen-bond acceptors (Lipinski definition) is 5. The molecule has 0 spiro atoms. The van der Waals surface area contributed by atoms with E-state index in [1.807, 2.05) is 24.8 Å². The number of piperidine rings is 1. The highest BCUT2D eigenvalue weighted by Gasteiger charge is 2.22. The van der Waals surface area contributed by atoms with Crippen molar-refractivity contribution in [1.82, 2.24) is 9.97 Å². The van der Waals surface area contributed by atoms with Crippen molar-refractivity contribution in [1.29, 1.82) is 0 Å². The Bertz CT molecular complexity index is 414. The number of anilines is 1. The van der Waals surface area contributed by atoms with E-state index in [4.69, 9.17) is 0 Å². The number of rotatable bonds is 2. The number of hydrogen-bond donors (Lipinski definition) is 0. The molecule has 0 bridgehead atoms. The molecule has 1 saturated heterocycles. The van der Waals surface area contributed by atoms with Gasteiger partial charge in [-0.25, -0.2) is 9.97 Å². The summed E-state index contributed by atoms with van der Waals surface area (Å²) >= 11 is 0. The van der Waals surface area contributed by atoms with Gasteiger partial charge < -0.3 is 14.8 Å². The van der Waals surface area contributed by atoms with E-state index < -0.39 is 11.9 Å².